The van der Waals surface area contributed by atoms with E-state index in [0.29, 0.717) is 12.5 Å². The van der Waals surface area contributed by atoms with Gasteiger partial charge in [0.25, 0.3) is 0 Å². The van der Waals surface area contributed by atoms with Gasteiger partial charge in [0, 0.05) is 6.54 Å². The van der Waals surface area contributed by atoms with Crippen LogP contribution in [0.3, 0.4) is 0 Å². The summed E-state index contributed by atoms with van der Waals surface area (Å²) in [5.74, 6) is 0.470. The number of rotatable bonds is 5. The van der Waals surface area contributed by atoms with Crippen LogP contribution in [0.25, 0.3) is 0 Å². The summed E-state index contributed by atoms with van der Waals surface area (Å²) in [5, 5.41) is 3.05. The Bertz CT molecular complexity index is 423. The van der Waals surface area contributed by atoms with Gasteiger partial charge in [-0.05, 0) is 37.5 Å². The maximum Gasteiger partial charge on any atom is 0.249 e. The van der Waals surface area contributed by atoms with E-state index in [1.54, 1.807) is 0 Å². The molecule has 21 heavy (non-hydrogen) atoms. The molecule has 2 amide bonds. The molecule has 4 nitrogen and oxygen atoms in total. The van der Waals surface area contributed by atoms with Crippen LogP contribution in [0.2, 0.25) is 0 Å². The summed E-state index contributed by atoms with van der Waals surface area (Å²) in [6.45, 7) is 10.9. The number of piperazine rings is 1. The molecule has 2 aliphatic rings. The molecule has 4 heteroatoms. The largest absolute Gasteiger partial charge is 0.340 e. The van der Waals surface area contributed by atoms with Crippen molar-refractivity contribution < 1.29 is 9.59 Å². The van der Waals surface area contributed by atoms with Gasteiger partial charge >= 0.3 is 0 Å². The van der Waals surface area contributed by atoms with Crippen LogP contribution in [-0.4, -0.2) is 34.8 Å². The monoisotopic (exact) mass is 294 g/mol. The zero-order chi connectivity index (χ0) is 15.8. The van der Waals surface area contributed by atoms with Crippen molar-refractivity contribution >= 4 is 11.8 Å². The predicted molar refractivity (Wildman–Crippen MR) is 83.8 cm³/mol. The first-order valence-corrected chi connectivity index (χ1v) is 8.35. The number of nitrogens with zero attached hydrogens (tertiary/aromatic N) is 1. The number of hydrogen-bond donors (Lipinski definition) is 1. The van der Waals surface area contributed by atoms with Crippen molar-refractivity contribution in [3.05, 3.63) is 0 Å². The molecule has 1 heterocycles. The lowest BCUT2D eigenvalue weighted by atomic mass is 9.79. The summed E-state index contributed by atoms with van der Waals surface area (Å²) >= 11 is 0. The van der Waals surface area contributed by atoms with E-state index in [4.69, 9.17) is 0 Å². The van der Waals surface area contributed by atoms with Gasteiger partial charge in [-0.1, -0.05) is 40.5 Å². The number of carbonyl (C=O) groups excluding carboxylic acids is 2. The van der Waals surface area contributed by atoms with E-state index in [1.165, 1.54) is 0 Å². The van der Waals surface area contributed by atoms with E-state index < -0.39 is 5.54 Å². The highest BCUT2D eigenvalue weighted by Crippen LogP contribution is 2.43. The van der Waals surface area contributed by atoms with Crippen LogP contribution in [0.1, 0.15) is 66.7 Å². The normalized spacial score (nSPS) is 30.5. The highest BCUT2D eigenvalue weighted by molar-refractivity contribution is 6.00. The molecular weight excluding hydrogens is 264 g/mol. The molecule has 1 N–H and O–H groups in total. The summed E-state index contributed by atoms with van der Waals surface area (Å²) in [7, 11) is 0. The summed E-state index contributed by atoms with van der Waals surface area (Å²) in [6.07, 6.45) is 5.29. The molecule has 1 aliphatic heterocycles. The lowest BCUT2D eigenvalue weighted by molar-refractivity contribution is -0.159. The molecule has 1 saturated heterocycles. The van der Waals surface area contributed by atoms with Crippen LogP contribution < -0.4 is 5.32 Å². The van der Waals surface area contributed by atoms with Crippen LogP contribution in [0.15, 0.2) is 0 Å². The minimum absolute atomic E-state index is 0.0213. The number of carbonyl (C=O) groups is 2. The van der Waals surface area contributed by atoms with E-state index in [1.807, 2.05) is 32.6 Å². The lowest BCUT2D eigenvalue weighted by Crippen LogP contribution is -2.72. The Balaban J connectivity index is 2.25. The third-order valence-electron chi connectivity index (χ3n) is 4.86. The van der Waals surface area contributed by atoms with Gasteiger partial charge in [0.2, 0.25) is 11.8 Å². The molecule has 2 rings (SSSR count). The smallest absolute Gasteiger partial charge is 0.249 e. The zero-order valence-electron chi connectivity index (χ0n) is 14.2. The summed E-state index contributed by atoms with van der Waals surface area (Å²) in [4.78, 5) is 27.6. The third-order valence-corrected chi connectivity index (χ3v) is 4.86. The number of unbranched alkanes of at least 4 members (excludes halogenated alkanes) is 2. The Morgan fingerprint density at radius 3 is 2.33 bits per heavy atom. The Hall–Kier alpha value is -1.06. The molecule has 1 saturated carbocycles. The maximum absolute atomic E-state index is 13.0. The molecular formula is C17H30N2O2. The van der Waals surface area contributed by atoms with Gasteiger partial charge in [0.1, 0.15) is 11.6 Å². The van der Waals surface area contributed by atoms with Crippen LogP contribution in [-0.2, 0) is 9.59 Å². The van der Waals surface area contributed by atoms with Gasteiger partial charge in [0.15, 0.2) is 0 Å². The van der Waals surface area contributed by atoms with Crippen molar-refractivity contribution in [3.8, 4) is 0 Å². The van der Waals surface area contributed by atoms with Gasteiger partial charge in [-0.15, -0.1) is 0 Å². The number of hydrogen-bond acceptors (Lipinski definition) is 2. The molecule has 2 unspecified atom stereocenters. The molecule has 0 aromatic heterocycles. The van der Waals surface area contributed by atoms with E-state index in [-0.39, 0.29) is 23.3 Å². The molecule has 0 radical (unpaired) electrons. The quantitative estimate of drug-likeness (QED) is 0.793. The van der Waals surface area contributed by atoms with Crippen molar-refractivity contribution in [2.75, 3.05) is 6.54 Å². The maximum atomic E-state index is 13.0. The van der Waals surface area contributed by atoms with Crippen molar-refractivity contribution in [2.45, 2.75) is 78.3 Å². The highest BCUT2D eigenvalue weighted by Gasteiger charge is 2.56. The average molecular weight is 294 g/mol. The van der Waals surface area contributed by atoms with Gasteiger partial charge in [-0.2, -0.15) is 0 Å². The first-order valence-electron chi connectivity index (χ1n) is 8.35. The fourth-order valence-electron chi connectivity index (χ4n) is 3.50. The van der Waals surface area contributed by atoms with Gasteiger partial charge in [-0.3, -0.25) is 9.59 Å². The van der Waals surface area contributed by atoms with Gasteiger partial charge in [-0.25, -0.2) is 0 Å². The van der Waals surface area contributed by atoms with Crippen LogP contribution in [0.4, 0.5) is 0 Å². The van der Waals surface area contributed by atoms with Crippen LogP contribution in [0, 0.1) is 11.3 Å². The molecule has 0 aromatic carbocycles. The van der Waals surface area contributed by atoms with Crippen molar-refractivity contribution in [1.82, 2.24) is 10.2 Å². The minimum Gasteiger partial charge on any atom is -0.340 e. The second kappa shape index (κ2) is 5.62. The Kier molecular flexibility index (Phi) is 4.36. The molecule has 2 fully saturated rings. The highest BCUT2D eigenvalue weighted by atomic mass is 16.2. The van der Waals surface area contributed by atoms with E-state index in [0.717, 1.165) is 32.1 Å². The van der Waals surface area contributed by atoms with E-state index >= 15 is 0 Å². The molecule has 0 aromatic rings. The van der Waals surface area contributed by atoms with Crippen LogP contribution >= 0.6 is 0 Å². The summed E-state index contributed by atoms with van der Waals surface area (Å²) in [6, 6.07) is -0.353. The fourth-order valence-corrected chi connectivity index (χ4v) is 3.50. The number of amides is 2. The van der Waals surface area contributed by atoms with Crippen molar-refractivity contribution in [3.63, 3.8) is 0 Å². The molecule has 1 aliphatic carbocycles. The minimum atomic E-state index is -0.676. The first-order chi connectivity index (χ1) is 9.71. The lowest BCUT2D eigenvalue weighted by Gasteiger charge is -2.49. The second-order valence-corrected chi connectivity index (χ2v) is 7.94. The van der Waals surface area contributed by atoms with E-state index in [9.17, 15) is 9.59 Å². The van der Waals surface area contributed by atoms with Crippen molar-refractivity contribution in [2.24, 2.45) is 11.3 Å². The standard InChI is InChI=1S/C17H30N2O2/c1-6-7-8-11-19-13(16(2,3)4)14(20)18-17(5,15(19)21)12-9-10-12/h12-13H,6-11H2,1-5H3,(H,18,20). The molecule has 0 bridgehead atoms. The Morgan fingerprint density at radius 2 is 1.86 bits per heavy atom. The van der Waals surface area contributed by atoms with Crippen LogP contribution in [0.5, 0.6) is 0 Å². The summed E-state index contributed by atoms with van der Waals surface area (Å²) in [5.41, 5.74) is -0.915. The first kappa shape index (κ1) is 16.3. The SMILES string of the molecule is CCCCCN1C(=O)C(C)(C2CC2)NC(=O)C1C(C)(C)C. The van der Waals surface area contributed by atoms with E-state index in [2.05, 4.69) is 12.2 Å². The molecule has 2 atom stereocenters. The van der Waals surface area contributed by atoms with Gasteiger partial charge in [0.05, 0.1) is 0 Å². The average Bonchev–Trinajstić information content (AvgIpc) is 3.18. The zero-order valence-corrected chi connectivity index (χ0v) is 14.2. The third kappa shape index (κ3) is 3.09. The molecule has 0 spiro atoms. The topological polar surface area (TPSA) is 49.4 Å². The fraction of sp³-hybridized carbons (Fsp3) is 0.882. The molecule has 120 valence electrons. The predicted octanol–water partition coefficient (Wildman–Crippen LogP) is 2.72. The number of nitrogens with one attached hydrogen (secondary N) is 1. The van der Waals surface area contributed by atoms with Crippen molar-refractivity contribution in [1.29, 1.82) is 0 Å². The Morgan fingerprint density at radius 1 is 1.24 bits per heavy atom. The summed E-state index contributed by atoms with van der Waals surface area (Å²) < 4.78 is 0. The Labute approximate surface area is 128 Å². The second-order valence-electron chi connectivity index (χ2n) is 7.94. The van der Waals surface area contributed by atoms with Gasteiger partial charge < -0.3 is 10.2 Å².